The molecule has 1 saturated carbocycles. The first-order valence-electron chi connectivity index (χ1n) is 7.00. The highest BCUT2D eigenvalue weighted by molar-refractivity contribution is 7.80. The maximum atomic E-state index is 5.72. The normalized spacial score (nSPS) is 16.8. The van der Waals surface area contributed by atoms with Crippen molar-refractivity contribution in [3.8, 4) is 0 Å². The van der Waals surface area contributed by atoms with Crippen LogP contribution in [0.1, 0.15) is 44.0 Å². The molecule has 2 N–H and O–H groups in total. The molecule has 3 nitrogen and oxygen atoms in total. The second-order valence-corrected chi connectivity index (χ2v) is 5.85. The third-order valence-corrected chi connectivity index (χ3v) is 4.09. The van der Waals surface area contributed by atoms with E-state index in [9.17, 15) is 0 Å². The summed E-state index contributed by atoms with van der Waals surface area (Å²) in [5.41, 5.74) is 8.00. The summed E-state index contributed by atoms with van der Waals surface area (Å²) >= 11 is 5.07. The van der Waals surface area contributed by atoms with Gasteiger partial charge in [0.15, 0.2) is 0 Å². The minimum Gasteiger partial charge on any atom is -0.393 e. The predicted octanol–water partition coefficient (Wildman–Crippen LogP) is 3.37. The average molecular weight is 273 g/mol. The Bertz CT molecular complexity index is 596. The zero-order valence-electron chi connectivity index (χ0n) is 11.0. The van der Waals surface area contributed by atoms with Crippen LogP contribution in [0.25, 0.3) is 11.0 Å². The fourth-order valence-electron chi connectivity index (χ4n) is 3.12. The van der Waals surface area contributed by atoms with Crippen molar-refractivity contribution >= 4 is 28.2 Å². The maximum absolute atomic E-state index is 5.72. The van der Waals surface area contributed by atoms with Crippen molar-refractivity contribution in [1.29, 1.82) is 0 Å². The van der Waals surface area contributed by atoms with Crippen molar-refractivity contribution in [2.75, 3.05) is 0 Å². The minimum atomic E-state index is 0.521. The number of imidazole rings is 1. The topological polar surface area (TPSA) is 43.8 Å². The molecule has 100 valence electrons. The Kier molecular flexibility index (Phi) is 3.51. The molecule has 0 radical (unpaired) electrons. The number of hydrogen-bond acceptors (Lipinski definition) is 2. The molecule has 0 bridgehead atoms. The van der Waals surface area contributed by atoms with Crippen LogP contribution in [0.2, 0.25) is 0 Å². The molecule has 0 amide bonds. The number of fused-ring (bicyclic) bond motifs is 1. The highest BCUT2D eigenvalue weighted by atomic mass is 32.1. The first kappa shape index (κ1) is 12.6. The molecule has 3 rings (SSSR count). The van der Waals surface area contributed by atoms with Gasteiger partial charge in [0.05, 0.1) is 22.4 Å². The predicted molar refractivity (Wildman–Crippen MR) is 82.3 cm³/mol. The summed E-state index contributed by atoms with van der Waals surface area (Å²) in [5, 5.41) is 0. The first-order valence-corrected chi connectivity index (χ1v) is 7.40. The second kappa shape index (κ2) is 5.29. The summed E-state index contributed by atoms with van der Waals surface area (Å²) in [5.74, 6) is 1.03. The van der Waals surface area contributed by atoms with Crippen molar-refractivity contribution < 1.29 is 0 Å². The Morgan fingerprint density at radius 2 is 2.00 bits per heavy atom. The lowest BCUT2D eigenvalue weighted by atomic mass is 9.95. The Balaban J connectivity index is 2.09. The summed E-state index contributed by atoms with van der Waals surface area (Å²) in [6, 6.07) is 8.89. The quantitative estimate of drug-likeness (QED) is 0.872. The van der Waals surface area contributed by atoms with E-state index in [-0.39, 0.29) is 0 Å². The smallest absolute Gasteiger partial charge is 0.116 e. The highest BCUT2D eigenvalue weighted by Crippen LogP contribution is 2.32. The van der Waals surface area contributed by atoms with Gasteiger partial charge in [0.1, 0.15) is 5.82 Å². The number of para-hydroxylation sites is 2. The van der Waals surface area contributed by atoms with Gasteiger partial charge in [-0.2, -0.15) is 0 Å². The Morgan fingerprint density at radius 1 is 1.26 bits per heavy atom. The lowest BCUT2D eigenvalue weighted by Gasteiger charge is -2.25. The van der Waals surface area contributed by atoms with Crippen LogP contribution in [0.3, 0.4) is 0 Å². The van der Waals surface area contributed by atoms with Crippen molar-refractivity contribution in [3.63, 3.8) is 0 Å². The summed E-state index contributed by atoms with van der Waals surface area (Å²) in [4.78, 5) is 5.24. The van der Waals surface area contributed by atoms with Gasteiger partial charge in [0.2, 0.25) is 0 Å². The monoisotopic (exact) mass is 273 g/mol. The number of aromatic nitrogens is 2. The molecule has 2 aromatic rings. The van der Waals surface area contributed by atoms with Gasteiger partial charge in [0.25, 0.3) is 0 Å². The summed E-state index contributed by atoms with van der Waals surface area (Å²) < 4.78 is 2.38. The zero-order valence-corrected chi connectivity index (χ0v) is 11.8. The van der Waals surface area contributed by atoms with Crippen molar-refractivity contribution in [2.24, 2.45) is 5.73 Å². The molecule has 1 fully saturated rings. The first-order chi connectivity index (χ1) is 9.25. The molecule has 0 aliphatic heterocycles. The van der Waals surface area contributed by atoms with E-state index < -0.39 is 0 Å². The third-order valence-electron chi connectivity index (χ3n) is 3.94. The van der Waals surface area contributed by atoms with Crippen molar-refractivity contribution in [1.82, 2.24) is 9.55 Å². The largest absolute Gasteiger partial charge is 0.393 e. The SMILES string of the molecule is NC(=S)Cc1nc2ccccc2n1C1CCCCC1. The molecule has 1 aromatic carbocycles. The molecule has 1 aliphatic rings. The van der Waals surface area contributed by atoms with Crippen molar-refractivity contribution in [3.05, 3.63) is 30.1 Å². The number of thiocarbonyl (C=S) groups is 1. The van der Waals surface area contributed by atoms with Gasteiger partial charge in [-0.25, -0.2) is 4.98 Å². The van der Waals surface area contributed by atoms with E-state index in [0.29, 0.717) is 17.5 Å². The highest BCUT2D eigenvalue weighted by Gasteiger charge is 2.21. The third kappa shape index (κ3) is 2.50. The fourth-order valence-corrected chi connectivity index (χ4v) is 3.25. The van der Waals surface area contributed by atoms with E-state index >= 15 is 0 Å². The van der Waals surface area contributed by atoms with E-state index in [1.807, 2.05) is 6.07 Å². The molecule has 1 aliphatic carbocycles. The van der Waals surface area contributed by atoms with E-state index in [1.165, 1.54) is 37.6 Å². The van der Waals surface area contributed by atoms with Gasteiger partial charge in [-0.1, -0.05) is 43.6 Å². The molecule has 1 heterocycles. The fraction of sp³-hybridized carbons (Fsp3) is 0.467. The van der Waals surface area contributed by atoms with Gasteiger partial charge in [0, 0.05) is 6.04 Å². The zero-order chi connectivity index (χ0) is 13.2. The molecule has 4 heteroatoms. The lowest BCUT2D eigenvalue weighted by molar-refractivity contribution is 0.354. The molecule has 0 atom stereocenters. The minimum absolute atomic E-state index is 0.521. The van der Waals surface area contributed by atoms with Crippen molar-refractivity contribution in [2.45, 2.75) is 44.6 Å². The van der Waals surface area contributed by atoms with Crippen LogP contribution >= 0.6 is 12.2 Å². The van der Waals surface area contributed by atoms with Gasteiger partial charge >= 0.3 is 0 Å². The van der Waals surface area contributed by atoms with E-state index in [1.54, 1.807) is 0 Å². The van der Waals surface area contributed by atoms with E-state index in [4.69, 9.17) is 22.9 Å². The molecule has 0 unspecified atom stereocenters. The number of nitrogens with two attached hydrogens (primary N) is 1. The van der Waals surface area contributed by atoms with Gasteiger partial charge in [-0.05, 0) is 25.0 Å². The van der Waals surface area contributed by atoms with Crippen LogP contribution in [0, 0.1) is 0 Å². The average Bonchev–Trinajstić information content (AvgIpc) is 2.76. The molecule has 19 heavy (non-hydrogen) atoms. The van der Waals surface area contributed by atoms with E-state index in [2.05, 4.69) is 22.8 Å². The number of nitrogens with zero attached hydrogens (tertiary/aromatic N) is 2. The number of rotatable bonds is 3. The summed E-state index contributed by atoms with van der Waals surface area (Å²) in [6.45, 7) is 0. The standard InChI is InChI=1S/C15H19N3S/c16-14(19)10-15-17-12-8-4-5-9-13(12)18(15)11-6-2-1-3-7-11/h4-5,8-9,11H,1-3,6-7,10H2,(H2,16,19). The number of benzene rings is 1. The molecule has 0 saturated heterocycles. The Hall–Kier alpha value is -1.42. The van der Waals surface area contributed by atoms with E-state index in [0.717, 1.165) is 11.3 Å². The van der Waals surface area contributed by atoms with Crippen LogP contribution < -0.4 is 5.73 Å². The van der Waals surface area contributed by atoms with Gasteiger partial charge < -0.3 is 10.3 Å². The van der Waals surface area contributed by atoms with Crippen LogP contribution in [0.4, 0.5) is 0 Å². The lowest BCUT2D eigenvalue weighted by Crippen LogP contribution is -2.19. The van der Waals surface area contributed by atoms with Crippen LogP contribution in [-0.2, 0) is 6.42 Å². The molecule has 0 spiro atoms. The summed E-state index contributed by atoms with van der Waals surface area (Å²) in [6.07, 6.45) is 7.05. The van der Waals surface area contributed by atoms with Crippen LogP contribution in [0.5, 0.6) is 0 Å². The Morgan fingerprint density at radius 3 is 2.74 bits per heavy atom. The maximum Gasteiger partial charge on any atom is 0.116 e. The van der Waals surface area contributed by atoms with Crippen LogP contribution in [-0.4, -0.2) is 14.5 Å². The number of hydrogen-bond donors (Lipinski definition) is 1. The second-order valence-electron chi connectivity index (χ2n) is 5.32. The van der Waals surface area contributed by atoms with Gasteiger partial charge in [-0.15, -0.1) is 0 Å². The van der Waals surface area contributed by atoms with Gasteiger partial charge in [-0.3, -0.25) is 0 Å². The summed E-state index contributed by atoms with van der Waals surface area (Å²) in [7, 11) is 0. The molecular weight excluding hydrogens is 254 g/mol. The Labute approximate surface area is 118 Å². The molecule has 1 aromatic heterocycles. The van der Waals surface area contributed by atoms with Crippen LogP contribution in [0.15, 0.2) is 24.3 Å². The molecular formula is C15H19N3S.